The molecule has 1 heterocycles. The highest BCUT2D eigenvalue weighted by Gasteiger charge is 2.36. The third-order valence-corrected chi connectivity index (χ3v) is 4.79. The number of ketones is 1. The first-order chi connectivity index (χ1) is 10.1. The minimum absolute atomic E-state index is 0.125. The number of Topliss-reactive ketones (excluding diaryl/α,β-unsaturated/α-hetero) is 1. The van der Waals surface area contributed by atoms with Crippen molar-refractivity contribution in [3.05, 3.63) is 35.4 Å². The van der Waals surface area contributed by atoms with E-state index in [9.17, 15) is 13.6 Å². The Morgan fingerprint density at radius 2 is 1.81 bits per heavy atom. The molecular formula is C17H21F2NO. The Hall–Kier alpha value is -1.29. The van der Waals surface area contributed by atoms with Crippen LogP contribution in [0.2, 0.25) is 0 Å². The molecule has 1 aliphatic carbocycles. The summed E-state index contributed by atoms with van der Waals surface area (Å²) in [5, 5.41) is 0. The Kier molecular flexibility index (Phi) is 4.34. The molecule has 1 saturated heterocycles. The Labute approximate surface area is 124 Å². The van der Waals surface area contributed by atoms with E-state index in [4.69, 9.17) is 0 Å². The van der Waals surface area contributed by atoms with Crippen molar-refractivity contribution in [2.24, 2.45) is 5.92 Å². The fraction of sp³-hybridized carbons (Fsp3) is 0.588. The predicted octanol–water partition coefficient (Wildman–Crippen LogP) is 3.69. The molecule has 1 saturated carbocycles. The largest absolute Gasteiger partial charge is 0.299 e. The maximum absolute atomic E-state index is 13.3. The van der Waals surface area contributed by atoms with Crippen molar-refractivity contribution < 1.29 is 13.6 Å². The summed E-state index contributed by atoms with van der Waals surface area (Å²) in [6, 6.07) is 3.93. The number of carbonyl (C=O) groups is 1. The van der Waals surface area contributed by atoms with Gasteiger partial charge in [0.05, 0.1) is 0 Å². The lowest BCUT2D eigenvalue weighted by atomic mass is 9.82. The van der Waals surface area contributed by atoms with Crippen LogP contribution in [0.4, 0.5) is 8.78 Å². The lowest BCUT2D eigenvalue weighted by Gasteiger charge is -2.33. The van der Waals surface area contributed by atoms with Gasteiger partial charge in [0.1, 0.15) is 17.4 Å². The molecule has 1 aliphatic heterocycles. The zero-order valence-corrected chi connectivity index (χ0v) is 12.2. The van der Waals surface area contributed by atoms with Crippen molar-refractivity contribution in [2.75, 3.05) is 6.54 Å². The van der Waals surface area contributed by atoms with Gasteiger partial charge in [-0.2, -0.15) is 0 Å². The van der Waals surface area contributed by atoms with Crippen LogP contribution in [0.3, 0.4) is 0 Å². The molecule has 114 valence electrons. The summed E-state index contributed by atoms with van der Waals surface area (Å²) in [4.78, 5) is 14.4. The van der Waals surface area contributed by atoms with Crippen molar-refractivity contribution >= 4 is 5.78 Å². The summed E-state index contributed by atoms with van der Waals surface area (Å²) in [5.74, 6) is -0.563. The molecule has 1 aromatic rings. The third-order valence-electron chi connectivity index (χ3n) is 4.79. The number of carbonyl (C=O) groups excluding carboxylic acids is 1. The fourth-order valence-electron chi connectivity index (χ4n) is 3.86. The summed E-state index contributed by atoms with van der Waals surface area (Å²) >= 11 is 0. The lowest BCUT2D eigenvalue weighted by molar-refractivity contribution is -0.126. The Morgan fingerprint density at radius 3 is 2.52 bits per heavy atom. The monoisotopic (exact) mass is 293 g/mol. The van der Waals surface area contributed by atoms with E-state index >= 15 is 0 Å². The zero-order valence-electron chi connectivity index (χ0n) is 12.2. The first kappa shape index (κ1) is 14.6. The van der Waals surface area contributed by atoms with Crippen LogP contribution in [0.15, 0.2) is 18.2 Å². The van der Waals surface area contributed by atoms with Crippen LogP contribution in [0.5, 0.6) is 0 Å². The molecule has 2 unspecified atom stereocenters. The fourth-order valence-corrected chi connectivity index (χ4v) is 3.86. The van der Waals surface area contributed by atoms with Gasteiger partial charge in [-0.15, -0.1) is 0 Å². The molecule has 2 atom stereocenters. The van der Waals surface area contributed by atoms with Crippen LogP contribution in [0.1, 0.15) is 44.1 Å². The van der Waals surface area contributed by atoms with E-state index in [-0.39, 0.29) is 12.0 Å². The second-order valence-corrected chi connectivity index (χ2v) is 6.28. The highest BCUT2D eigenvalue weighted by molar-refractivity contribution is 5.82. The maximum Gasteiger partial charge on any atom is 0.137 e. The van der Waals surface area contributed by atoms with Crippen molar-refractivity contribution in [2.45, 2.75) is 51.1 Å². The van der Waals surface area contributed by atoms with E-state index in [1.54, 1.807) is 0 Å². The van der Waals surface area contributed by atoms with Crippen molar-refractivity contribution in [3.63, 3.8) is 0 Å². The minimum Gasteiger partial charge on any atom is -0.299 e. The van der Waals surface area contributed by atoms with E-state index in [0.29, 0.717) is 24.3 Å². The van der Waals surface area contributed by atoms with Crippen LogP contribution in [-0.4, -0.2) is 23.3 Å². The lowest BCUT2D eigenvalue weighted by Crippen LogP contribution is -2.40. The van der Waals surface area contributed by atoms with Gasteiger partial charge in [0, 0.05) is 31.0 Å². The van der Waals surface area contributed by atoms with Crippen LogP contribution in [0.25, 0.3) is 0 Å². The van der Waals surface area contributed by atoms with Crippen LogP contribution >= 0.6 is 0 Å². The van der Waals surface area contributed by atoms with E-state index in [1.807, 2.05) is 0 Å². The Balaban J connectivity index is 1.73. The topological polar surface area (TPSA) is 20.3 Å². The second-order valence-electron chi connectivity index (χ2n) is 6.28. The summed E-state index contributed by atoms with van der Waals surface area (Å²) in [7, 11) is 0. The van der Waals surface area contributed by atoms with Gasteiger partial charge in [0.2, 0.25) is 0 Å². The standard InChI is InChI=1S/C17H21F2NO/c18-13-8-12(9-14(19)10-13)11-20-7-3-5-16(20)15-4-1-2-6-17(15)21/h8-10,15-16H,1-7,11H2. The summed E-state index contributed by atoms with van der Waals surface area (Å²) in [6.45, 7) is 1.44. The highest BCUT2D eigenvalue weighted by Crippen LogP contribution is 2.33. The number of likely N-dealkylation sites (tertiary alicyclic amines) is 1. The zero-order chi connectivity index (χ0) is 14.8. The minimum atomic E-state index is -0.533. The molecule has 2 nitrogen and oxygen atoms in total. The smallest absolute Gasteiger partial charge is 0.137 e. The van der Waals surface area contributed by atoms with Gasteiger partial charge in [-0.25, -0.2) is 8.78 Å². The van der Waals surface area contributed by atoms with Gasteiger partial charge in [0.15, 0.2) is 0 Å². The third kappa shape index (κ3) is 3.31. The molecule has 0 radical (unpaired) electrons. The van der Waals surface area contributed by atoms with Gasteiger partial charge in [0.25, 0.3) is 0 Å². The average molecular weight is 293 g/mol. The quantitative estimate of drug-likeness (QED) is 0.847. The van der Waals surface area contributed by atoms with E-state index in [0.717, 1.165) is 44.7 Å². The van der Waals surface area contributed by atoms with Gasteiger partial charge >= 0.3 is 0 Å². The number of hydrogen-bond donors (Lipinski definition) is 0. The maximum atomic E-state index is 13.3. The second kappa shape index (κ2) is 6.22. The molecule has 1 aromatic carbocycles. The molecule has 2 fully saturated rings. The van der Waals surface area contributed by atoms with Crippen molar-refractivity contribution in [1.82, 2.24) is 4.90 Å². The Morgan fingerprint density at radius 1 is 1.05 bits per heavy atom. The number of halogens is 2. The Bertz CT molecular complexity index is 511. The predicted molar refractivity (Wildman–Crippen MR) is 76.8 cm³/mol. The van der Waals surface area contributed by atoms with Crippen LogP contribution in [0, 0.1) is 17.6 Å². The number of nitrogens with zero attached hydrogens (tertiary/aromatic N) is 1. The highest BCUT2D eigenvalue weighted by atomic mass is 19.1. The SMILES string of the molecule is O=C1CCCCC1C1CCCN1Cc1cc(F)cc(F)c1. The summed E-state index contributed by atoms with van der Waals surface area (Å²) in [6.07, 6.45) is 5.88. The average Bonchev–Trinajstić information content (AvgIpc) is 2.86. The first-order valence-electron chi connectivity index (χ1n) is 7.85. The number of benzene rings is 1. The number of hydrogen-bond acceptors (Lipinski definition) is 2. The molecule has 0 bridgehead atoms. The molecule has 2 aliphatic rings. The molecular weight excluding hydrogens is 272 g/mol. The van der Waals surface area contributed by atoms with Gasteiger partial charge < -0.3 is 0 Å². The first-order valence-corrected chi connectivity index (χ1v) is 7.85. The van der Waals surface area contributed by atoms with Crippen molar-refractivity contribution in [3.8, 4) is 0 Å². The normalized spacial score (nSPS) is 27.2. The molecule has 0 N–H and O–H groups in total. The molecule has 0 amide bonds. The van der Waals surface area contributed by atoms with E-state index in [2.05, 4.69) is 4.90 Å². The molecule has 0 spiro atoms. The van der Waals surface area contributed by atoms with Gasteiger partial charge in [-0.3, -0.25) is 9.69 Å². The van der Waals surface area contributed by atoms with E-state index in [1.165, 1.54) is 12.1 Å². The summed E-state index contributed by atoms with van der Waals surface area (Å²) < 4.78 is 26.6. The van der Waals surface area contributed by atoms with Gasteiger partial charge in [-0.1, -0.05) is 6.42 Å². The molecule has 0 aromatic heterocycles. The van der Waals surface area contributed by atoms with Crippen molar-refractivity contribution in [1.29, 1.82) is 0 Å². The van der Waals surface area contributed by atoms with E-state index < -0.39 is 11.6 Å². The summed E-state index contributed by atoms with van der Waals surface area (Å²) in [5.41, 5.74) is 0.655. The van der Waals surface area contributed by atoms with Gasteiger partial charge in [-0.05, 0) is 49.9 Å². The molecule has 21 heavy (non-hydrogen) atoms. The number of rotatable bonds is 3. The van der Waals surface area contributed by atoms with Crippen LogP contribution in [-0.2, 0) is 11.3 Å². The molecule has 3 rings (SSSR count). The molecule has 4 heteroatoms. The van der Waals surface area contributed by atoms with Crippen LogP contribution < -0.4 is 0 Å².